The van der Waals surface area contributed by atoms with E-state index in [1.165, 1.54) is 5.56 Å². The Hall–Kier alpha value is -3.26. The number of primary amides is 1. The molecule has 0 radical (unpaired) electrons. The molecule has 32 heavy (non-hydrogen) atoms. The fraction of sp³-hybridized carbons (Fsp3) is 0.417. The predicted molar refractivity (Wildman–Crippen MR) is 121 cm³/mol. The highest BCUT2D eigenvalue weighted by atomic mass is 16.5. The molecule has 8 nitrogen and oxygen atoms in total. The number of carbonyl (C=O) groups is 1. The second kappa shape index (κ2) is 9.91. The summed E-state index contributed by atoms with van der Waals surface area (Å²) >= 11 is 0. The summed E-state index contributed by atoms with van der Waals surface area (Å²) in [7, 11) is 0. The van der Waals surface area contributed by atoms with Gasteiger partial charge >= 0.3 is 0 Å². The maximum Gasteiger partial charge on any atom is 0.252 e. The van der Waals surface area contributed by atoms with Gasteiger partial charge in [0.25, 0.3) is 5.91 Å². The van der Waals surface area contributed by atoms with Gasteiger partial charge in [-0.05, 0) is 57.0 Å². The van der Waals surface area contributed by atoms with Crippen molar-refractivity contribution in [1.29, 1.82) is 0 Å². The van der Waals surface area contributed by atoms with Crippen LogP contribution in [0.15, 0.2) is 42.9 Å². The van der Waals surface area contributed by atoms with Crippen LogP contribution < -0.4 is 10.5 Å². The molecule has 1 aliphatic rings. The Bertz CT molecular complexity index is 1070. The van der Waals surface area contributed by atoms with Crippen molar-refractivity contribution in [3.05, 3.63) is 71.1 Å². The van der Waals surface area contributed by atoms with Crippen LogP contribution in [-0.2, 0) is 13.1 Å². The Kier molecular flexibility index (Phi) is 6.80. The molecule has 1 fully saturated rings. The van der Waals surface area contributed by atoms with E-state index in [9.17, 15) is 4.79 Å². The molecule has 0 unspecified atom stereocenters. The van der Waals surface area contributed by atoms with Crippen molar-refractivity contribution in [2.75, 3.05) is 13.2 Å². The lowest BCUT2D eigenvalue weighted by atomic mass is 9.99. The smallest absolute Gasteiger partial charge is 0.252 e. The van der Waals surface area contributed by atoms with Gasteiger partial charge in [0, 0.05) is 30.7 Å². The van der Waals surface area contributed by atoms with Crippen LogP contribution in [0.4, 0.5) is 0 Å². The zero-order valence-electron chi connectivity index (χ0n) is 18.7. The Labute approximate surface area is 188 Å². The molecule has 0 spiro atoms. The highest BCUT2D eigenvalue weighted by molar-refractivity contribution is 5.93. The maximum atomic E-state index is 11.5. The number of hydrogen-bond acceptors (Lipinski definition) is 6. The quantitative estimate of drug-likeness (QED) is 0.584. The highest BCUT2D eigenvalue weighted by Gasteiger charge is 2.27. The van der Waals surface area contributed by atoms with Gasteiger partial charge in [-0.2, -0.15) is 5.10 Å². The normalized spacial score (nSPS) is 16.8. The second-order valence-corrected chi connectivity index (χ2v) is 8.15. The average Bonchev–Trinajstić information content (AvgIpc) is 3.29. The van der Waals surface area contributed by atoms with Crippen LogP contribution in [0, 0.1) is 6.92 Å². The van der Waals surface area contributed by atoms with E-state index in [2.05, 4.69) is 38.2 Å². The summed E-state index contributed by atoms with van der Waals surface area (Å²) in [5, 5.41) is 4.34. The first kappa shape index (κ1) is 22.0. The Balaban J connectivity index is 1.57. The van der Waals surface area contributed by atoms with Crippen LogP contribution >= 0.6 is 0 Å². The summed E-state index contributed by atoms with van der Waals surface area (Å²) in [6.45, 7) is 6.87. The molecule has 1 aliphatic heterocycles. The van der Waals surface area contributed by atoms with Crippen LogP contribution in [0.3, 0.4) is 0 Å². The molecule has 3 aromatic rings. The minimum absolute atomic E-state index is 0.116. The number of nitrogens with zero attached hydrogens (tertiary/aromatic N) is 5. The number of piperidine rings is 1. The van der Waals surface area contributed by atoms with Crippen molar-refractivity contribution in [3.63, 3.8) is 0 Å². The molecule has 0 saturated carbocycles. The number of nitrogens with two attached hydrogens (primary N) is 1. The van der Waals surface area contributed by atoms with Crippen LogP contribution in [-0.4, -0.2) is 43.7 Å². The standard InChI is InChI=1S/C24H30N6O2/c1-3-32-22-9-8-18(13-19(22)16-30-12-6-10-27-30)15-29-11-5-4-7-21(29)24-26-14-20(23(25)31)17(2)28-24/h6,8-10,12-14,21H,3-5,7,11,15-16H2,1-2H3,(H2,25,31)/t21-/m0/s1. The third-order valence-electron chi connectivity index (χ3n) is 5.88. The molecule has 8 heteroatoms. The minimum Gasteiger partial charge on any atom is -0.494 e. The molecule has 2 aromatic heterocycles. The topological polar surface area (TPSA) is 99.2 Å². The van der Waals surface area contributed by atoms with E-state index in [1.807, 2.05) is 30.8 Å². The monoisotopic (exact) mass is 434 g/mol. The Morgan fingerprint density at radius 1 is 1.28 bits per heavy atom. The summed E-state index contributed by atoms with van der Waals surface area (Å²) < 4.78 is 7.76. The van der Waals surface area contributed by atoms with Gasteiger partial charge < -0.3 is 10.5 Å². The van der Waals surface area contributed by atoms with Gasteiger partial charge in [-0.1, -0.05) is 12.5 Å². The number of aromatic nitrogens is 4. The zero-order chi connectivity index (χ0) is 22.5. The van der Waals surface area contributed by atoms with E-state index in [1.54, 1.807) is 12.4 Å². The SMILES string of the molecule is CCOc1ccc(CN2CCCC[C@H]2c2ncc(C(N)=O)c(C)n2)cc1Cn1cccn1. The molecule has 168 valence electrons. The number of rotatable bonds is 8. The second-order valence-electron chi connectivity index (χ2n) is 8.15. The molecule has 3 heterocycles. The molecular formula is C24H30N6O2. The molecule has 1 amide bonds. The van der Waals surface area contributed by atoms with E-state index >= 15 is 0 Å². The van der Waals surface area contributed by atoms with Gasteiger partial charge in [0.15, 0.2) is 0 Å². The van der Waals surface area contributed by atoms with Crippen molar-refractivity contribution in [2.24, 2.45) is 5.73 Å². The molecule has 0 aliphatic carbocycles. The summed E-state index contributed by atoms with van der Waals surface area (Å²) in [6.07, 6.45) is 8.58. The number of ether oxygens (including phenoxy) is 1. The molecular weight excluding hydrogens is 404 g/mol. The van der Waals surface area contributed by atoms with Crippen LogP contribution in [0.5, 0.6) is 5.75 Å². The van der Waals surface area contributed by atoms with Crippen molar-refractivity contribution in [2.45, 2.75) is 52.2 Å². The van der Waals surface area contributed by atoms with Crippen molar-refractivity contribution >= 4 is 5.91 Å². The van der Waals surface area contributed by atoms with Crippen molar-refractivity contribution < 1.29 is 9.53 Å². The summed E-state index contributed by atoms with van der Waals surface area (Å²) in [4.78, 5) is 23.1. The molecule has 1 aromatic carbocycles. The first-order valence-electron chi connectivity index (χ1n) is 11.1. The lowest BCUT2D eigenvalue weighted by Gasteiger charge is -2.35. The fourth-order valence-electron chi connectivity index (χ4n) is 4.31. The highest BCUT2D eigenvalue weighted by Crippen LogP contribution is 2.31. The number of benzene rings is 1. The number of aryl methyl sites for hydroxylation is 1. The van der Waals surface area contributed by atoms with Crippen molar-refractivity contribution in [1.82, 2.24) is 24.6 Å². The molecule has 2 N–H and O–H groups in total. The third kappa shape index (κ3) is 4.96. The average molecular weight is 435 g/mol. The number of carbonyl (C=O) groups excluding carboxylic acids is 1. The fourth-order valence-corrected chi connectivity index (χ4v) is 4.31. The lowest BCUT2D eigenvalue weighted by molar-refractivity contribution is 0.0998. The van der Waals surface area contributed by atoms with E-state index in [0.717, 1.165) is 49.5 Å². The first-order chi connectivity index (χ1) is 15.5. The molecule has 0 bridgehead atoms. The van der Waals surface area contributed by atoms with E-state index in [4.69, 9.17) is 10.5 Å². The van der Waals surface area contributed by atoms with Crippen LogP contribution in [0.2, 0.25) is 0 Å². The van der Waals surface area contributed by atoms with Crippen molar-refractivity contribution in [3.8, 4) is 5.75 Å². The van der Waals surface area contributed by atoms with Gasteiger partial charge in [-0.25, -0.2) is 9.97 Å². The minimum atomic E-state index is -0.492. The third-order valence-corrected chi connectivity index (χ3v) is 5.88. The van der Waals surface area contributed by atoms with Gasteiger partial charge in [0.05, 0.1) is 30.5 Å². The number of hydrogen-bond donors (Lipinski definition) is 1. The zero-order valence-corrected chi connectivity index (χ0v) is 18.7. The number of amides is 1. The van der Waals surface area contributed by atoms with E-state index in [-0.39, 0.29) is 6.04 Å². The van der Waals surface area contributed by atoms with Gasteiger partial charge in [-0.3, -0.25) is 14.4 Å². The summed E-state index contributed by atoms with van der Waals surface area (Å²) in [6, 6.07) is 8.43. The molecule has 4 rings (SSSR count). The summed E-state index contributed by atoms with van der Waals surface area (Å²) in [5.41, 5.74) is 8.76. The summed E-state index contributed by atoms with van der Waals surface area (Å²) in [5.74, 6) is 1.16. The van der Waals surface area contributed by atoms with Gasteiger partial charge in [-0.15, -0.1) is 0 Å². The number of likely N-dealkylation sites (tertiary alicyclic amines) is 1. The first-order valence-corrected chi connectivity index (χ1v) is 11.1. The van der Waals surface area contributed by atoms with E-state index in [0.29, 0.717) is 24.4 Å². The van der Waals surface area contributed by atoms with Crippen LogP contribution in [0.25, 0.3) is 0 Å². The molecule has 1 atom stereocenters. The lowest BCUT2D eigenvalue weighted by Crippen LogP contribution is -2.34. The molecule has 1 saturated heterocycles. The van der Waals surface area contributed by atoms with Gasteiger partial charge in [0.2, 0.25) is 0 Å². The predicted octanol–water partition coefficient (Wildman–Crippen LogP) is 3.25. The Morgan fingerprint density at radius 3 is 2.88 bits per heavy atom. The maximum absolute atomic E-state index is 11.5. The van der Waals surface area contributed by atoms with Crippen LogP contribution in [0.1, 0.15) is 65.2 Å². The van der Waals surface area contributed by atoms with Gasteiger partial charge in [0.1, 0.15) is 11.6 Å². The Morgan fingerprint density at radius 2 is 2.16 bits per heavy atom. The van der Waals surface area contributed by atoms with E-state index < -0.39 is 5.91 Å². The largest absolute Gasteiger partial charge is 0.494 e.